The minimum atomic E-state index is -0.223. The normalized spacial score (nSPS) is 19.8. The Morgan fingerprint density at radius 1 is 1.07 bits per heavy atom. The number of hydrogen-bond donors (Lipinski definition) is 0. The molecule has 1 fully saturated rings. The average molecular weight is 371 g/mol. The Morgan fingerprint density at radius 2 is 1.89 bits per heavy atom. The summed E-state index contributed by atoms with van der Waals surface area (Å²) in [6.45, 7) is 5.09. The van der Waals surface area contributed by atoms with Crippen molar-refractivity contribution in [2.45, 2.75) is 65.2 Å². The molecule has 27 heavy (non-hydrogen) atoms. The van der Waals surface area contributed by atoms with Gasteiger partial charge in [-0.05, 0) is 54.9 Å². The molecule has 0 unspecified atom stereocenters. The average Bonchev–Trinajstić information content (AvgIpc) is 2.69. The van der Waals surface area contributed by atoms with Crippen molar-refractivity contribution in [2.24, 2.45) is 11.8 Å². The molecular weight excluding hydrogens is 339 g/mol. The summed E-state index contributed by atoms with van der Waals surface area (Å²) < 4.78 is 20.1. The summed E-state index contributed by atoms with van der Waals surface area (Å²) in [5, 5.41) is 8.18. The molecule has 1 aromatic heterocycles. The Balaban J connectivity index is 1.57. The lowest BCUT2D eigenvalue weighted by molar-refractivity contribution is 0.277. The predicted octanol–water partition coefficient (Wildman–Crippen LogP) is 6.22. The van der Waals surface area contributed by atoms with Gasteiger partial charge < -0.3 is 4.74 Å². The van der Waals surface area contributed by atoms with E-state index in [1.54, 1.807) is 18.2 Å². The molecule has 0 amide bonds. The zero-order chi connectivity index (χ0) is 19.1. The number of halogens is 1. The molecule has 0 aliphatic heterocycles. The van der Waals surface area contributed by atoms with E-state index in [0.717, 1.165) is 43.1 Å². The van der Waals surface area contributed by atoms with Crippen LogP contribution in [-0.2, 0) is 6.42 Å². The Kier molecular flexibility index (Phi) is 7.19. The van der Waals surface area contributed by atoms with Crippen LogP contribution in [0.25, 0.3) is 11.3 Å². The van der Waals surface area contributed by atoms with Crippen LogP contribution in [-0.4, -0.2) is 16.8 Å². The SMILES string of the molecule is CCCCOc1ccc(-c2ccc(CCC3CCC(C)CC3)cc2F)nn1. The maximum absolute atomic E-state index is 14.6. The van der Waals surface area contributed by atoms with Crippen molar-refractivity contribution >= 4 is 0 Å². The minimum absolute atomic E-state index is 0.223. The third-order valence-electron chi connectivity index (χ3n) is 5.67. The number of hydrogen-bond acceptors (Lipinski definition) is 3. The van der Waals surface area contributed by atoms with E-state index < -0.39 is 0 Å². The van der Waals surface area contributed by atoms with Gasteiger partial charge in [0.1, 0.15) is 5.82 Å². The maximum atomic E-state index is 14.6. The van der Waals surface area contributed by atoms with Crippen molar-refractivity contribution in [2.75, 3.05) is 6.61 Å². The second-order valence-electron chi connectivity index (χ2n) is 7.94. The highest BCUT2D eigenvalue weighted by Gasteiger charge is 2.18. The standard InChI is InChI=1S/C23H31FN2O/c1-3-4-15-27-23-14-13-22(25-26-23)20-12-11-19(16-21(20)24)10-9-18-7-5-17(2)6-8-18/h11-14,16-18H,3-10,15H2,1-2H3. The number of nitrogens with zero attached hydrogens (tertiary/aromatic N) is 2. The first-order chi connectivity index (χ1) is 13.2. The van der Waals surface area contributed by atoms with Crippen LogP contribution in [0.1, 0.15) is 64.4 Å². The third-order valence-corrected chi connectivity index (χ3v) is 5.67. The van der Waals surface area contributed by atoms with E-state index in [9.17, 15) is 4.39 Å². The van der Waals surface area contributed by atoms with Crippen LogP contribution < -0.4 is 4.74 Å². The second kappa shape index (κ2) is 9.82. The lowest BCUT2D eigenvalue weighted by Crippen LogP contribution is -2.12. The number of ether oxygens (including phenoxy) is 1. The fourth-order valence-electron chi connectivity index (χ4n) is 3.77. The lowest BCUT2D eigenvalue weighted by atomic mass is 9.80. The van der Waals surface area contributed by atoms with Gasteiger partial charge in [0.25, 0.3) is 0 Å². The van der Waals surface area contributed by atoms with Crippen LogP contribution in [0.2, 0.25) is 0 Å². The van der Waals surface area contributed by atoms with Gasteiger partial charge >= 0.3 is 0 Å². The largest absolute Gasteiger partial charge is 0.477 e. The van der Waals surface area contributed by atoms with Crippen molar-refractivity contribution in [1.29, 1.82) is 0 Å². The van der Waals surface area contributed by atoms with E-state index in [1.807, 2.05) is 12.1 Å². The summed E-state index contributed by atoms with van der Waals surface area (Å²) >= 11 is 0. The molecule has 1 aromatic carbocycles. The van der Waals surface area contributed by atoms with Gasteiger partial charge in [-0.25, -0.2) is 4.39 Å². The molecular formula is C23H31FN2O. The number of unbranched alkanes of at least 4 members (excludes halogenated alkanes) is 1. The predicted molar refractivity (Wildman–Crippen MR) is 107 cm³/mol. The fourth-order valence-corrected chi connectivity index (χ4v) is 3.77. The number of aryl methyl sites for hydroxylation is 1. The highest BCUT2D eigenvalue weighted by atomic mass is 19.1. The van der Waals surface area contributed by atoms with Crippen molar-refractivity contribution < 1.29 is 9.13 Å². The van der Waals surface area contributed by atoms with Crippen molar-refractivity contribution in [3.8, 4) is 17.1 Å². The smallest absolute Gasteiger partial charge is 0.233 e. The lowest BCUT2D eigenvalue weighted by Gasteiger charge is -2.26. The van der Waals surface area contributed by atoms with Crippen LogP contribution in [0.15, 0.2) is 30.3 Å². The summed E-state index contributed by atoms with van der Waals surface area (Å²) in [5.74, 6) is 1.95. The van der Waals surface area contributed by atoms with E-state index in [1.165, 1.54) is 25.7 Å². The zero-order valence-electron chi connectivity index (χ0n) is 16.6. The van der Waals surface area contributed by atoms with Crippen molar-refractivity contribution in [1.82, 2.24) is 10.2 Å². The van der Waals surface area contributed by atoms with Crippen LogP contribution in [0.5, 0.6) is 5.88 Å². The first-order valence-corrected chi connectivity index (χ1v) is 10.4. The van der Waals surface area contributed by atoms with E-state index >= 15 is 0 Å². The molecule has 4 heteroatoms. The summed E-state index contributed by atoms with van der Waals surface area (Å²) in [4.78, 5) is 0. The van der Waals surface area contributed by atoms with E-state index in [-0.39, 0.29) is 5.82 Å². The van der Waals surface area contributed by atoms with Gasteiger partial charge in [-0.1, -0.05) is 52.0 Å². The Morgan fingerprint density at radius 3 is 2.56 bits per heavy atom. The second-order valence-corrected chi connectivity index (χ2v) is 7.94. The molecule has 0 spiro atoms. The summed E-state index contributed by atoms with van der Waals surface area (Å²) in [6, 6.07) is 9.05. The molecule has 0 atom stereocenters. The summed E-state index contributed by atoms with van der Waals surface area (Å²) in [5.41, 5.74) is 2.11. The monoisotopic (exact) mass is 370 g/mol. The molecule has 1 aliphatic carbocycles. The van der Waals surface area contributed by atoms with Gasteiger partial charge in [0.15, 0.2) is 0 Å². The van der Waals surface area contributed by atoms with Crippen LogP contribution in [0.3, 0.4) is 0 Å². The molecule has 0 bridgehead atoms. The molecule has 3 rings (SSSR count). The molecule has 0 radical (unpaired) electrons. The minimum Gasteiger partial charge on any atom is -0.477 e. The fraction of sp³-hybridized carbons (Fsp3) is 0.565. The molecule has 1 heterocycles. The number of benzene rings is 1. The third kappa shape index (κ3) is 5.75. The Labute approximate surface area is 162 Å². The molecule has 1 saturated carbocycles. The molecule has 2 aromatic rings. The topological polar surface area (TPSA) is 35.0 Å². The van der Waals surface area contributed by atoms with Gasteiger partial charge in [-0.3, -0.25) is 0 Å². The molecule has 0 saturated heterocycles. The van der Waals surface area contributed by atoms with Crippen LogP contribution in [0.4, 0.5) is 4.39 Å². The first kappa shape index (κ1) is 19.8. The highest BCUT2D eigenvalue weighted by molar-refractivity contribution is 5.60. The zero-order valence-corrected chi connectivity index (χ0v) is 16.6. The van der Waals surface area contributed by atoms with E-state index in [2.05, 4.69) is 24.0 Å². The van der Waals surface area contributed by atoms with Gasteiger partial charge in [0.2, 0.25) is 5.88 Å². The molecule has 1 aliphatic rings. The molecule has 3 nitrogen and oxygen atoms in total. The van der Waals surface area contributed by atoms with Gasteiger partial charge in [-0.2, -0.15) is 0 Å². The quantitative estimate of drug-likeness (QED) is 0.517. The summed E-state index contributed by atoms with van der Waals surface area (Å²) in [7, 11) is 0. The maximum Gasteiger partial charge on any atom is 0.233 e. The summed E-state index contributed by atoms with van der Waals surface area (Å²) in [6.07, 6.45) is 9.50. The van der Waals surface area contributed by atoms with E-state index in [0.29, 0.717) is 23.7 Å². The van der Waals surface area contributed by atoms with Crippen molar-refractivity contribution in [3.63, 3.8) is 0 Å². The molecule has 146 valence electrons. The van der Waals surface area contributed by atoms with E-state index in [4.69, 9.17) is 4.74 Å². The van der Waals surface area contributed by atoms with Gasteiger partial charge in [0, 0.05) is 11.6 Å². The Bertz CT molecular complexity index is 709. The molecule has 0 N–H and O–H groups in total. The van der Waals surface area contributed by atoms with Crippen LogP contribution in [0, 0.1) is 17.7 Å². The first-order valence-electron chi connectivity index (χ1n) is 10.4. The van der Waals surface area contributed by atoms with Crippen molar-refractivity contribution in [3.05, 3.63) is 41.7 Å². The van der Waals surface area contributed by atoms with Gasteiger partial charge in [0.05, 0.1) is 12.3 Å². The highest BCUT2D eigenvalue weighted by Crippen LogP contribution is 2.31. The number of rotatable bonds is 8. The van der Waals surface area contributed by atoms with Gasteiger partial charge in [-0.15, -0.1) is 10.2 Å². The van der Waals surface area contributed by atoms with Crippen LogP contribution >= 0.6 is 0 Å². The number of aromatic nitrogens is 2. The Hall–Kier alpha value is -1.97.